The Balaban J connectivity index is 0.00000180. The van der Waals surface area contributed by atoms with Gasteiger partial charge in [-0.05, 0) is 38.7 Å². The van der Waals surface area contributed by atoms with Crippen molar-refractivity contribution in [3.8, 4) is 0 Å². The third-order valence-electron chi connectivity index (χ3n) is 3.87. The minimum absolute atomic E-state index is 0. The summed E-state index contributed by atoms with van der Waals surface area (Å²) >= 11 is 0. The Kier molecular flexibility index (Phi) is 8.16. The van der Waals surface area contributed by atoms with Gasteiger partial charge in [0, 0.05) is 31.5 Å². The van der Waals surface area contributed by atoms with Crippen LogP contribution >= 0.6 is 24.8 Å². The zero-order valence-electron chi connectivity index (χ0n) is 11.9. The maximum Gasteiger partial charge on any atom is 0.247 e. The van der Waals surface area contributed by atoms with Crippen molar-refractivity contribution in [1.82, 2.24) is 14.7 Å². The topological polar surface area (TPSA) is 64.2 Å². The first kappa shape index (κ1) is 19.2. The number of carbonyl (C=O) groups is 1. The van der Waals surface area contributed by atoms with Crippen LogP contribution in [0.1, 0.15) is 32.7 Å². The maximum atomic E-state index is 12.3. The highest BCUT2D eigenvalue weighted by Crippen LogP contribution is 2.21. The van der Waals surface area contributed by atoms with Crippen molar-refractivity contribution in [2.75, 3.05) is 13.1 Å². The molecule has 116 valence electrons. The second-order valence-electron chi connectivity index (χ2n) is 5.18. The molecule has 0 saturated carbocycles. The van der Waals surface area contributed by atoms with E-state index in [2.05, 4.69) is 12.0 Å². The maximum absolute atomic E-state index is 12.3. The van der Waals surface area contributed by atoms with Gasteiger partial charge >= 0.3 is 0 Å². The summed E-state index contributed by atoms with van der Waals surface area (Å²) in [6, 6.07) is 1.85. The number of piperidine rings is 1. The van der Waals surface area contributed by atoms with Gasteiger partial charge in [0.2, 0.25) is 5.91 Å². The minimum Gasteiger partial charge on any atom is -0.341 e. The minimum atomic E-state index is -0.216. The van der Waals surface area contributed by atoms with Gasteiger partial charge in [-0.1, -0.05) is 0 Å². The van der Waals surface area contributed by atoms with Crippen molar-refractivity contribution >= 4 is 30.7 Å². The monoisotopic (exact) mass is 322 g/mol. The predicted molar refractivity (Wildman–Crippen MR) is 84.4 cm³/mol. The van der Waals surface area contributed by atoms with Crippen molar-refractivity contribution in [3.05, 3.63) is 18.5 Å². The van der Waals surface area contributed by atoms with Gasteiger partial charge in [0.05, 0.1) is 0 Å². The highest BCUT2D eigenvalue weighted by Gasteiger charge is 2.28. The van der Waals surface area contributed by atoms with E-state index in [1.54, 1.807) is 10.9 Å². The summed E-state index contributed by atoms with van der Waals surface area (Å²) < 4.78 is 1.71. The van der Waals surface area contributed by atoms with Crippen molar-refractivity contribution in [3.63, 3.8) is 0 Å². The van der Waals surface area contributed by atoms with Gasteiger partial charge in [-0.15, -0.1) is 24.8 Å². The fraction of sp³-hybridized carbons (Fsp3) is 0.692. The van der Waals surface area contributed by atoms with Gasteiger partial charge < -0.3 is 10.6 Å². The van der Waals surface area contributed by atoms with Crippen molar-refractivity contribution in [1.29, 1.82) is 0 Å². The van der Waals surface area contributed by atoms with E-state index in [-0.39, 0.29) is 42.8 Å². The average molecular weight is 323 g/mol. The van der Waals surface area contributed by atoms with Crippen LogP contribution in [0.3, 0.4) is 0 Å². The number of aromatic nitrogens is 2. The molecule has 2 heterocycles. The van der Waals surface area contributed by atoms with Crippen molar-refractivity contribution in [2.45, 2.75) is 38.8 Å². The second kappa shape index (κ2) is 8.49. The van der Waals surface area contributed by atoms with Gasteiger partial charge in [0.1, 0.15) is 6.04 Å². The summed E-state index contributed by atoms with van der Waals surface area (Å²) in [7, 11) is 0. The third kappa shape index (κ3) is 4.36. The SMILES string of the molecule is CC(N)C1CCN(C(=O)C(C)n2cccn2)CC1.Cl.Cl. The average Bonchev–Trinajstić information content (AvgIpc) is 2.91. The van der Waals surface area contributed by atoms with E-state index < -0.39 is 0 Å². The first-order chi connectivity index (χ1) is 8.59. The smallest absolute Gasteiger partial charge is 0.247 e. The summed E-state index contributed by atoms with van der Waals surface area (Å²) in [5.41, 5.74) is 5.91. The molecule has 2 rings (SSSR count). The van der Waals surface area contributed by atoms with Gasteiger partial charge in [-0.2, -0.15) is 5.10 Å². The molecule has 0 radical (unpaired) electrons. The number of nitrogens with two attached hydrogens (primary N) is 1. The number of carbonyl (C=O) groups excluding carboxylic acids is 1. The molecule has 1 amide bonds. The third-order valence-corrected chi connectivity index (χ3v) is 3.87. The molecule has 0 aromatic carbocycles. The number of rotatable bonds is 3. The Morgan fingerprint density at radius 3 is 2.35 bits per heavy atom. The van der Waals surface area contributed by atoms with Crippen LogP contribution in [0.4, 0.5) is 0 Å². The predicted octanol–water partition coefficient (Wildman–Crippen LogP) is 1.87. The van der Waals surface area contributed by atoms with Crippen LogP contribution in [-0.2, 0) is 4.79 Å². The molecule has 20 heavy (non-hydrogen) atoms. The van der Waals surface area contributed by atoms with Crippen LogP contribution in [0.15, 0.2) is 18.5 Å². The molecule has 2 atom stereocenters. The molecule has 5 nitrogen and oxygen atoms in total. The molecule has 1 aromatic heterocycles. The summed E-state index contributed by atoms with van der Waals surface area (Å²) in [5.74, 6) is 0.705. The molecular formula is C13H24Cl2N4O. The quantitative estimate of drug-likeness (QED) is 0.924. The van der Waals surface area contributed by atoms with Gasteiger partial charge in [-0.3, -0.25) is 9.48 Å². The molecule has 0 bridgehead atoms. The van der Waals surface area contributed by atoms with Crippen LogP contribution in [0, 0.1) is 5.92 Å². The molecule has 2 unspecified atom stereocenters. The van der Waals surface area contributed by atoms with Gasteiger partial charge in [0.15, 0.2) is 0 Å². The van der Waals surface area contributed by atoms with Crippen LogP contribution in [0.2, 0.25) is 0 Å². The molecule has 1 aliphatic heterocycles. The zero-order valence-corrected chi connectivity index (χ0v) is 13.6. The Labute approximate surface area is 132 Å². The van der Waals surface area contributed by atoms with E-state index in [1.165, 1.54) is 0 Å². The highest BCUT2D eigenvalue weighted by molar-refractivity contribution is 5.85. The normalized spacial score (nSPS) is 18.6. The van der Waals surface area contributed by atoms with Crippen molar-refractivity contribution < 1.29 is 4.79 Å². The lowest BCUT2D eigenvalue weighted by molar-refractivity contribution is -0.136. The number of amides is 1. The van der Waals surface area contributed by atoms with Gasteiger partial charge in [-0.25, -0.2) is 0 Å². The highest BCUT2D eigenvalue weighted by atomic mass is 35.5. The number of halogens is 2. The molecule has 1 saturated heterocycles. The number of hydrogen-bond donors (Lipinski definition) is 1. The fourth-order valence-corrected chi connectivity index (χ4v) is 2.53. The van der Waals surface area contributed by atoms with Crippen molar-refractivity contribution in [2.24, 2.45) is 11.7 Å². The molecule has 1 fully saturated rings. The van der Waals surface area contributed by atoms with E-state index in [9.17, 15) is 4.79 Å². The molecule has 7 heteroatoms. The Bertz CT molecular complexity index is 389. The molecular weight excluding hydrogens is 299 g/mol. The standard InChI is InChI=1S/C13H22N4O.2ClH/c1-10(14)12-4-8-16(9-5-12)13(18)11(2)17-7-3-6-15-17;;/h3,6-7,10-12H,4-5,8-9,14H2,1-2H3;2*1H. The van der Waals surface area contributed by atoms with E-state index in [1.807, 2.05) is 24.1 Å². The summed E-state index contributed by atoms with van der Waals surface area (Å²) in [5, 5.41) is 4.12. The molecule has 1 aliphatic rings. The zero-order chi connectivity index (χ0) is 13.1. The van der Waals surface area contributed by atoms with E-state index >= 15 is 0 Å². The lowest BCUT2D eigenvalue weighted by Crippen LogP contribution is -2.44. The van der Waals surface area contributed by atoms with Crippen LogP contribution in [0.5, 0.6) is 0 Å². The Hall–Kier alpha value is -0.780. The second-order valence-corrected chi connectivity index (χ2v) is 5.18. The lowest BCUT2D eigenvalue weighted by Gasteiger charge is -2.35. The van der Waals surface area contributed by atoms with Crippen LogP contribution in [0.25, 0.3) is 0 Å². The van der Waals surface area contributed by atoms with Crippen LogP contribution in [-0.4, -0.2) is 39.7 Å². The summed E-state index contributed by atoms with van der Waals surface area (Å²) in [4.78, 5) is 14.2. The van der Waals surface area contributed by atoms with Crippen LogP contribution < -0.4 is 5.73 Å². The first-order valence-corrected chi connectivity index (χ1v) is 6.63. The Morgan fingerprint density at radius 2 is 1.90 bits per heavy atom. The summed E-state index contributed by atoms with van der Waals surface area (Å²) in [6.07, 6.45) is 5.55. The number of hydrogen-bond acceptors (Lipinski definition) is 3. The Morgan fingerprint density at radius 1 is 1.30 bits per heavy atom. The summed E-state index contributed by atoms with van der Waals surface area (Å²) in [6.45, 7) is 5.58. The van der Waals surface area contributed by atoms with E-state index in [4.69, 9.17) is 5.73 Å². The molecule has 0 spiro atoms. The largest absolute Gasteiger partial charge is 0.341 e. The number of likely N-dealkylation sites (tertiary alicyclic amines) is 1. The molecule has 2 N–H and O–H groups in total. The van der Waals surface area contributed by atoms with Gasteiger partial charge in [0.25, 0.3) is 0 Å². The fourth-order valence-electron chi connectivity index (χ4n) is 2.53. The molecule has 1 aromatic rings. The van der Waals surface area contributed by atoms with E-state index in [0.717, 1.165) is 25.9 Å². The lowest BCUT2D eigenvalue weighted by atomic mass is 9.91. The number of nitrogens with zero attached hydrogens (tertiary/aromatic N) is 3. The molecule has 0 aliphatic carbocycles. The van der Waals surface area contributed by atoms with E-state index in [0.29, 0.717) is 5.92 Å². The first-order valence-electron chi connectivity index (χ1n) is 6.63.